The molecular formula is C23H31IN6O2. The third kappa shape index (κ3) is 7.11. The minimum absolute atomic E-state index is 0. The van der Waals surface area contributed by atoms with E-state index in [1.807, 2.05) is 23.9 Å². The topological polar surface area (TPSA) is 76.8 Å². The minimum Gasteiger partial charge on any atom is -0.493 e. The average molecular weight is 550 g/mol. The first-order valence-electron chi connectivity index (χ1n) is 10.2. The molecule has 3 rings (SSSR count). The van der Waals surface area contributed by atoms with Gasteiger partial charge >= 0.3 is 0 Å². The lowest BCUT2D eigenvalue weighted by molar-refractivity contribution is 0.354. The van der Waals surface area contributed by atoms with Gasteiger partial charge in [0.2, 0.25) is 0 Å². The number of nitrogens with one attached hydrogen (secondary N) is 1. The summed E-state index contributed by atoms with van der Waals surface area (Å²) < 4.78 is 12.5. The quantitative estimate of drug-likeness (QED) is 0.251. The van der Waals surface area contributed by atoms with Crippen molar-refractivity contribution < 1.29 is 9.47 Å². The highest BCUT2D eigenvalue weighted by Crippen LogP contribution is 2.27. The van der Waals surface area contributed by atoms with Gasteiger partial charge in [0.1, 0.15) is 12.7 Å². The molecule has 1 N–H and O–H groups in total. The average Bonchev–Trinajstić information content (AvgIpc) is 3.31. The third-order valence-corrected chi connectivity index (χ3v) is 5.01. The van der Waals surface area contributed by atoms with Crippen LogP contribution >= 0.6 is 24.0 Å². The molecule has 8 nitrogen and oxygen atoms in total. The lowest BCUT2D eigenvalue weighted by atomic mass is 10.1. The Hall–Kier alpha value is -2.82. The van der Waals surface area contributed by atoms with Crippen LogP contribution in [0.1, 0.15) is 16.7 Å². The van der Waals surface area contributed by atoms with Crippen LogP contribution in [-0.4, -0.2) is 60.5 Å². The van der Waals surface area contributed by atoms with Crippen LogP contribution in [0.3, 0.4) is 0 Å². The van der Waals surface area contributed by atoms with E-state index >= 15 is 0 Å². The molecule has 0 aliphatic heterocycles. The van der Waals surface area contributed by atoms with Crippen LogP contribution in [0.25, 0.3) is 0 Å². The summed E-state index contributed by atoms with van der Waals surface area (Å²) in [6.45, 7) is 2.22. The first-order chi connectivity index (χ1) is 15.1. The lowest BCUT2D eigenvalue weighted by Crippen LogP contribution is -2.39. The van der Waals surface area contributed by atoms with Gasteiger partial charge in [0, 0.05) is 27.2 Å². The van der Waals surface area contributed by atoms with Gasteiger partial charge in [0.15, 0.2) is 17.5 Å². The van der Waals surface area contributed by atoms with Crippen molar-refractivity contribution in [2.75, 3.05) is 34.9 Å². The molecule has 172 valence electrons. The number of ether oxygens (including phenoxy) is 2. The lowest BCUT2D eigenvalue weighted by Gasteiger charge is -2.22. The second-order valence-electron chi connectivity index (χ2n) is 7.17. The molecule has 0 radical (unpaired) electrons. The van der Waals surface area contributed by atoms with Gasteiger partial charge in [-0.15, -0.1) is 24.0 Å². The maximum Gasteiger partial charge on any atom is 0.193 e. The zero-order valence-electron chi connectivity index (χ0n) is 19.0. The van der Waals surface area contributed by atoms with Gasteiger partial charge in [-0.05, 0) is 35.2 Å². The highest BCUT2D eigenvalue weighted by molar-refractivity contribution is 14.0. The predicted octanol–water partition coefficient (Wildman–Crippen LogP) is 3.21. The Morgan fingerprint density at radius 3 is 2.53 bits per heavy atom. The van der Waals surface area contributed by atoms with Gasteiger partial charge in [-0.2, -0.15) is 5.10 Å². The molecule has 0 spiro atoms. The number of likely N-dealkylation sites (N-methyl/N-ethyl adjacent to an activating group) is 1. The molecule has 0 amide bonds. The Morgan fingerprint density at radius 1 is 1.06 bits per heavy atom. The van der Waals surface area contributed by atoms with Crippen LogP contribution in [0.5, 0.6) is 11.5 Å². The van der Waals surface area contributed by atoms with E-state index in [0.717, 1.165) is 30.4 Å². The summed E-state index contributed by atoms with van der Waals surface area (Å²) in [7, 11) is 7.14. The van der Waals surface area contributed by atoms with Crippen LogP contribution in [0.4, 0.5) is 0 Å². The molecule has 0 bridgehead atoms. The highest BCUT2D eigenvalue weighted by atomic mass is 127. The first-order valence-corrected chi connectivity index (χ1v) is 10.2. The number of aromatic nitrogens is 3. The molecule has 3 aromatic rings. The molecule has 0 aliphatic carbocycles. The predicted molar refractivity (Wildman–Crippen MR) is 137 cm³/mol. The van der Waals surface area contributed by atoms with Gasteiger partial charge in [-0.1, -0.05) is 30.3 Å². The summed E-state index contributed by atoms with van der Waals surface area (Å²) in [6.07, 6.45) is 4.14. The molecule has 0 aliphatic rings. The molecule has 32 heavy (non-hydrogen) atoms. The second kappa shape index (κ2) is 12.9. The van der Waals surface area contributed by atoms with E-state index in [1.54, 1.807) is 33.9 Å². The SMILES string of the molecule is CN=C(NCc1cccc(Cn2cncn2)c1)N(C)CCc1ccc(OC)c(OC)c1.I. The van der Waals surface area contributed by atoms with E-state index in [1.165, 1.54) is 16.7 Å². The Bertz CT molecular complexity index is 994. The van der Waals surface area contributed by atoms with Crippen molar-refractivity contribution >= 4 is 29.9 Å². The number of methoxy groups -OCH3 is 2. The number of aliphatic imine (C=N–C) groups is 1. The molecule has 0 saturated carbocycles. The fraction of sp³-hybridized carbons (Fsp3) is 0.348. The van der Waals surface area contributed by atoms with E-state index in [9.17, 15) is 0 Å². The van der Waals surface area contributed by atoms with Crippen molar-refractivity contribution in [1.82, 2.24) is 25.0 Å². The van der Waals surface area contributed by atoms with Crippen LogP contribution in [0.2, 0.25) is 0 Å². The maximum absolute atomic E-state index is 5.40. The van der Waals surface area contributed by atoms with E-state index in [4.69, 9.17) is 9.47 Å². The maximum atomic E-state index is 5.40. The summed E-state index contributed by atoms with van der Waals surface area (Å²) in [4.78, 5) is 10.5. The van der Waals surface area contributed by atoms with Crippen LogP contribution in [0, 0.1) is 0 Å². The van der Waals surface area contributed by atoms with Gasteiger partial charge in [0.05, 0.1) is 20.8 Å². The first kappa shape index (κ1) is 25.4. The molecule has 0 atom stereocenters. The van der Waals surface area contributed by atoms with Crippen LogP contribution in [-0.2, 0) is 19.5 Å². The summed E-state index contributed by atoms with van der Waals surface area (Å²) in [5.74, 6) is 2.33. The number of halogens is 1. The Kier molecular flexibility index (Phi) is 10.3. The fourth-order valence-electron chi connectivity index (χ4n) is 3.34. The fourth-order valence-corrected chi connectivity index (χ4v) is 3.34. The Balaban J connectivity index is 0.00000363. The molecule has 9 heteroatoms. The summed E-state index contributed by atoms with van der Waals surface area (Å²) in [5, 5.41) is 7.61. The van der Waals surface area contributed by atoms with Crippen molar-refractivity contribution in [3.05, 3.63) is 71.8 Å². The monoisotopic (exact) mass is 550 g/mol. The van der Waals surface area contributed by atoms with Crippen molar-refractivity contribution in [2.24, 2.45) is 4.99 Å². The summed E-state index contributed by atoms with van der Waals surface area (Å²) >= 11 is 0. The second-order valence-corrected chi connectivity index (χ2v) is 7.17. The third-order valence-electron chi connectivity index (χ3n) is 5.01. The van der Waals surface area contributed by atoms with Crippen LogP contribution in [0.15, 0.2) is 60.1 Å². The van der Waals surface area contributed by atoms with Gasteiger partial charge in [-0.25, -0.2) is 9.67 Å². The van der Waals surface area contributed by atoms with E-state index in [-0.39, 0.29) is 24.0 Å². The standard InChI is InChI=1S/C23H30N6O2.HI/c1-24-23(28(2)11-10-18-8-9-21(30-3)22(13-18)31-4)26-14-19-6-5-7-20(12-19)15-29-17-25-16-27-29;/h5-9,12-13,16-17H,10-11,14-15H2,1-4H3,(H,24,26);1H. The number of hydrogen-bond donors (Lipinski definition) is 1. The van der Waals surface area contributed by atoms with Crippen molar-refractivity contribution in [2.45, 2.75) is 19.5 Å². The Morgan fingerprint density at radius 2 is 1.84 bits per heavy atom. The number of rotatable bonds is 9. The van der Waals surface area contributed by atoms with E-state index in [0.29, 0.717) is 13.1 Å². The normalized spacial score (nSPS) is 10.9. The molecule has 0 unspecified atom stereocenters. The Labute approximate surface area is 206 Å². The highest BCUT2D eigenvalue weighted by Gasteiger charge is 2.09. The zero-order chi connectivity index (χ0) is 22.1. The number of guanidine groups is 1. The van der Waals surface area contributed by atoms with Crippen LogP contribution < -0.4 is 14.8 Å². The summed E-state index contributed by atoms with van der Waals surface area (Å²) in [6, 6.07) is 14.4. The van der Waals surface area contributed by atoms with Crippen molar-refractivity contribution in [3.8, 4) is 11.5 Å². The minimum atomic E-state index is 0. The molecule has 1 aromatic heterocycles. The van der Waals surface area contributed by atoms with Crippen molar-refractivity contribution in [1.29, 1.82) is 0 Å². The molecule has 2 aromatic carbocycles. The number of nitrogens with zero attached hydrogens (tertiary/aromatic N) is 5. The smallest absolute Gasteiger partial charge is 0.193 e. The largest absolute Gasteiger partial charge is 0.493 e. The van der Waals surface area contributed by atoms with E-state index < -0.39 is 0 Å². The molecule has 0 saturated heterocycles. The molecule has 1 heterocycles. The van der Waals surface area contributed by atoms with Gasteiger partial charge in [-0.3, -0.25) is 4.99 Å². The molecular weight excluding hydrogens is 519 g/mol. The summed E-state index contributed by atoms with van der Waals surface area (Å²) in [5.41, 5.74) is 3.55. The number of hydrogen-bond acceptors (Lipinski definition) is 5. The molecule has 0 fully saturated rings. The van der Waals surface area contributed by atoms with Gasteiger partial charge in [0.25, 0.3) is 0 Å². The zero-order valence-corrected chi connectivity index (χ0v) is 21.3. The van der Waals surface area contributed by atoms with Crippen molar-refractivity contribution in [3.63, 3.8) is 0 Å². The van der Waals surface area contributed by atoms with E-state index in [2.05, 4.69) is 55.6 Å². The van der Waals surface area contributed by atoms with Gasteiger partial charge < -0.3 is 19.7 Å². The number of benzene rings is 2.